The molecule has 1 fully saturated rings. The van der Waals surface area contributed by atoms with Gasteiger partial charge in [0.1, 0.15) is 5.69 Å². The highest BCUT2D eigenvalue weighted by atomic mass is 19.1. The summed E-state index contributed by atoms with van der Waals surface area (Å²) in [7, 11) is 0. The zero-order valence-electron chi connectivity index (χ0n) is 11.5. The molecule has 0 saturated carbocycles. The van der Waals surface area contributed by atoms with Crippen LogP contribution in [0.1, 0.15) is 43.0 Å². The molecule has 0 bridgehead atoms. The predicted octanol–water partition coefficient (Wildman–Crippen LogP) is 2.66. The third-order valence-electron chi connectivity index (χ3n) is 3.75. The number of amides is 1. The molecule has 1 atom stereocenters. The number of carbonyl (C=O) groups excluding carboxylic acids is 1. The molecule has 3 N–H and O–H groups in total. The summed E-state index contributed by atoms with van der Waals surface area (Å²) in [5, 5.41) is 0. The van der Waals surface area contributed by atoms with Gasteiger partial charge in [-0.05, 0) is 31.9 Å². The summed E-state index contributed by atoms with van der Waals surface area (Å²) in [6.45, 7) is 2.59. The van der Waals surface area contributed by atoms with Crippen LogP contribution >= 0.6 is 0 Å². The molecule has 1 amide bonds. The lowest BCUT2D eigenvalue weighted by Crippen LogP contribution is -2.38. The highest BCUT2D eigenvalue weighted by Crippen LogP contribution is 2.23. The van der Waals surface area contributed by atoms with Crippen molar-refractivity contribution >= 4 is 11.6 Å². The topological polar surface area (TPSA) is 58.4 Å². The summed E-state index contributed by atoms with van der Waals surface area (Å²) in [5.41, 5.74) is 1.55. The molecule has 1 aliphatic rings. The number of hydrogen-bond acceptors (Lipinski definition) is 3. The van der Waals surface area contributed by atoms with E-state index in [2.05, 4.69) is 0 Å². The lowest BCUT2D eigenvalue weighted by molar-refractivity contribution is 0.0697. The Morgan fingerprint density at radius 1 is 1.30 bits per heavy atom. The maximum atomic E-state index is 13.7. The van der Waals surface area contributed by atoms with E-state index in [9.17, 15) is 13.6 Å². The number of hydrazine groups is 1. The van der Waals surface area contributed by atoms with Crippen LogP contribution in [0.5, 0.6) is 0 Å². The zero-order chi connectivity index (χ0) is 14.7. The van der Waals surface area contributed by atoms with E-state index in [0.29, 0.717) is 6.54 Å². The van der Waals surface area contributed by atoms with Crippen molar-refractivity contribution < 1.29 is 13.6 Å². The summed E-state index contributed by atoms with van der Waals surface area (Å²) in [6, 6.07) is 2.14. The minimum absolute atomic E-state index is 0.0211. The second kappa shape index (κ2) is 6.17. The summed E-state index contributed by atoms with van der Waals surface area (Å²) >= 11 is 0. The highest BCUT2D eigenvalue weighted by molar-refractivity contribution is 5.95. The molecule has 0 radical (unpaired) electrons. The van der Waals surface area contributed by atoms with E-state index in [1.54, 1.807) is 4.90 Å². The molecule has 1 aromatic rings. The standard InChI is InChI=1S/C14H19F2N3O/c1-9-5-3-2-4-6-19(9)14(20)10-7-11(15)13(18-17)12(16)8-10/h7-9,18H,2-6,17H2,1H3. The lowest BCUT2D eigenvalue weighted by atomic mass is 10.1. The molecule has 1 saturated heterocycles. The molecule has 0 spiro atoms. The van der Waals surface area contributed by atoms with Crippen molar-refractivity contribution in [2.24, 2.45) is 5.84 Å². The number of hydrogen-bond donors (Lipinski definition) is 2. The van der Waals surface area contributed by atoms with Gasteiger partial charge in [0.2, 0.25) is 0 Å². The molecular formula is C14H19F2N3O. The molecule has 6 heteroatoms. The fraction of sp³-hybridized carbons (Fsp3) is 0.500. The summed E-state index contributed by atoms with van der Waals surface area (Å²) in [4.78, 5) is 14.1. The van der Waals surface area contributed by atoms with Gasteiger partial charge in [-0.3, -0.25) is 10.6 Å². The second-order valence-corrected chi connectivity index (χ2v) is 5.16. The first-order valence-corrected chi connectivity index (χ1v) is 6.81. The molecular weight excluding hydrogens is 264 g/mol. The normalized spacial score (nSPS) is 19.6. The number of nitrogens with one attached hydrogen (secondary N) is 1. The third-order valence-corrected chi connectivity index (χ3v) is 3.75. The largest absolute Gasteiger partial charge is 0.336 e. The Bertz CT molecular complexity index is 484. The number of likely N-dealkylation sites (tertiary alicyclic amines) is 1. The molecule has 2 rings (SSSR count). The van der Waals surface area contributed by atoms with Crippen LogP contribution in [0.15, 0.2) is 12.1 Å². The second-order valence-electron chi connectivity index (χ2n) is 5.16. The molecule has 0 aliphatic carbocycles. The van der Waals surface area contributed by atoms with Crippen LogP contribution < -0.4 is 11.3 Å². The Hall–Kier alpha value is -1.69. The van der Waals surface area contributed by atoms with Crippen molar-refractivity contribution in [1.29, 1.82) is 0 Å². The third kappa shape index (κ3) is 2.90. The van der Waals surface area contributed by atoms with Crippen molar-refractivity contribution in [1.82, 2.24) is 4.90 Å². The number of halogens is 2. The number of nitrogens with two attached hydrogens (primary N) is 1. The van der Waals surface area contributed by atoms with Crippen LogP contribution in [-0.2, 0) is 0 Å². The summed E-state index contributed by atoms with van der Waals surface area (Å²) in [5.74, 6) is 2.98. The van der Waals surface area contributed by atoms with E-state index in [1.807, 2.05) is 12.3 Å². The molecule has 0 aromatic heterocycles. The van der Waals surface area contributed by atoms with Crippen molar-refractivity contribution in [2.75, 3.05) is 12.0 Å². The molecule has 1 aliphatic heterocycles. The van der Waals surface area contributed by atoms with Crippen molar-refractivity contribution in [2.45, 2.75) is 38.6 Å². The SMILES string of the molecule is CC1CCCCCN1C(=O)c1cc(F)c(NN)c(F)c1. The Labute approximate surface area is 116 Å². The van der Waals surface area contributed by atoms with Gasteiger partial charge in [0, 0.05) is 18.2 Å². The molecule has 20 heavy (non-hydrogen) atoms. The fourth-order valence-corrected chi connectivity index (χ4v) is 2.58. The number of rotatable bonds is 2. The number of carbonyl (C=O) groups is 1. The van der Waals surface area contributed by atoms with Gasteiger partial charge >= 0.3 is 0 Å². The van der Waals surface area contributed by atoms with E-state index >= 15 is 0 Å². The van der Waals surface area contributed by atoms with Crippen molar-refractivity contribution in [3.05, 3.63) is 29.3 Å². The predicted molar refractivity (Wildman–Crippen MR) is 73.1 cm³/mol. The van der Waals surface area contributed by atoms with Crippen molar-refractivity contribution in [3.8, 4) is 0 Å². The number of anilines is 1. The first kappa shape index (κ1) is 14.7. The van der Waals surface area contributed by atoms with Crippen LogP contribution in [0.4, 0.5) is 14.5 Å². The Balaban J connectivity index is 2.28. The van der Waals surface area contributed by atoms with Gasteiger partial charge in [-0.1, -0.05) is 12.8 Å². The average Bonchev–Trinajstić information content (AvgIpc) is 2.62. The van der Waals surface area contributed by atoms with Gasteiger partial charge < -0.3 is 10.3 Å². The molecule has 1 aromatic carbocycles. The van der Waals surface area contributed by atoms with Crippen LogP contribution in [0.25, 0.3) is 0 Å². The van der Waals surface area contributed by atoms with Crippen LogP contribution in [0.2, 0.25) is 0 Å². The first-order chi connectivity index (χ1) is 9.54. The zero-order valence-corrected chi connectivity index (χ0v) is 11.5. The van der Waals surface area contributed by atoms with Gasteiger partial charge in [-0.2, -0.15) is 0 Å². The maximum absolute atomic E-state index is 13.7. The molecule has 1 heterocycles. The summed E-state index contributed by atoms with van der Waals surface area (Å²) in [6.07, 6.45) is 3.99. The Kier molecular flexibility index (Phi) is 4.54. The quantitative estimate of drug-likeness (QED) is 0.648. The van der Waals surface area contributed by atoms with Gasteiger partial charge in [0.15, 0.2) is 11.6 Å². The first-order valence-electron chi connectivity index (χ1n) is 6.81. The van der Waals surface area contributed by atoms with E-state index in [0.717, 1.165) is 37.8 Å². The average molecular weight is 283 g/mol. The molecule has 1 unspecified atom stereocenters. The smallest absolute Gasteiger partial charge is 0.254 e. The van der Waals surface area contributed by atoms with E-state index < -0.39 is 17.3 Å². The van der Waals surface area contributed by atoms with E-state index in [-0.39, 0.29) is 17.5 Å². The van der Waals surface area contributed by atoms with Crippen molar-refractivity contribution in [3.63, 3.8) is 0 Å². The Morgan fingerprint density at radius 3 is 2.55 bits per heavy atom. The van der Waals surface area contributed by atoms with E-state index in [1.165, 1.54) is 0 Å². The monoisotopic (exact) mass is 283 g/mol. The minimum atomic E-state index is -0.863. The lowest BCUT2D eigenvalue weighted by Gasteiger charge is -2.27. The molecule has 4 nitrogen and oxygen atoms in total. The van der Waals surface area contributed by atoms with Gasteiger partial charge in [-0.25, -0.2) is 8.78 Å². The van der Waals surface area contributed by atoms with Gasteiger partial charge in [0.25, 0.3) is 5.91 Å². The van der Waals surface area contributed by atoms with Gasteiger partial charge in [0.05, 0.1) is 0 Å². The van der Waals surface area contributed by atoms with Crippen LogP contribution in [-0.4, -0.2) is 23.4 Å². The minimum Gasteiger partial charge on any atom is -0.336 e. The summed E-state index contributed by atoms with van der Waals surface area (Å²) < 4.78 is 27.3. The van der Waals surface area contributed by atoms with E-state index in [4.69, 9.17) is 5.84 Å². The fourth-order valence-electron chi connectivity index (χ4n) is 2.58. The number of nitrogen functional groups attached to an aromatic ring is 1. The number of nitrogens with zero attached hydrogens (tertiary/aromatic N) is 1. The van der Waals surface area contributed by atoms with Gasteiger partial charge in [-0.15, -0.1) is 0 Å². The number of benzene rings is 1. The van der Waals surface area contributed by atoms with Crippen LogP contribution in [0, 0.1) is 11.6 Å². The highest BCUT2D eigenvalue weighted by Gasteiger charge is 2.24. The molecule has 110 valence electrons. The Morgan fingerprint density at radius 2 is 1.95 bits per heavy atom. The maximum Gasteiger partial charge on any atom is 0.254 e. The van der Waals surface area contributed by atoms with Crippen LogP contribution in [0.3, 0.4) is 0 Å².